The monoisotopic (exact) mass is 402 g/mol. The minimum Gasteiger partial charge on any atom is -0.330 e. The maximum absolute atomic E-state index is 13.2. The van der Waals surface area contributed by atoms with Gasteiger partial charge >= 0.3 is 0 Å². The van der Waals surface area contributed by atoms with Crippen LogP contribution in [-0.4, -0.2) is 21.4 Å². The molecule has 0 aliphatic carbocycles. The highest BCUT2D eigenvalue weighted by atomic mass is 32.2. The molecule has 0 spiro atoms. The summed E-state index contributed by atoms with van der Waals surface area (Å²) in [6.07, 6.45) is 0. The maximum Gasteiger partial charge on any atom is 0.237 e. The minimum absolute atomic E-state index is 0.0939. The van der Waals surface area contributed by atoms with Crippen LogP contribution in [0.3, 0.4) is 0 Å². The maximum atomic E-state index is 13.2. The molecular weight excluding hydrogens is 383 g/mol. The predicted molar refractivity (Wildman–Crippen MR) is 109 cm³/mol. The van der Waals surface area contributed by atoms with Crippen LogP contribution in [0.25, 0.3) is 0 Å². The fourth-order valence-electron chi connectivity index (χ4n) is 2.31. The molecule has 1 heterocycles. The second-order valence-corrected chi connectivity index (χ2v) is 8.64. The van der Waals surface area contributed by atoms with Crippen LogP contribution in [0, 0.1) is 19.7 Å². The first-order chi connectivity index (χ1) is 12.9. The average molecular weight is 403 g/mol. The number of hydrogen-bond donors (Lipinski definition) is 2. The second kappa shape index (κ2) is 8.49. The van der Waals surface area contributed by atoms with E-state index in [0.29, 0.717) is 15.2 Å². The Hall–Kier alpha value is -2.45. The molecule has 140 valence electrons. The summed E-state index contributed by atoms with van der Waals surface area (Å²) in [6, 6.07) is 12.1. The van der Waals surface area contributed by atoms with Gasteiger partial charge in [0.05, 0.1) is 5.25 Å². The van der Waals surface area contributed by atoms with Crippen LogP contribution in [-0.2, 0) is 4.79 Å². The molecule has 3 rings (SSSR count). The quantitative estimate of drug-likeness (QED) is 0.558. The van der Waals surface area contributed by atoms with Crippen LogP contribution in [0.15, 0.2) is 46.8 Å². The molecule has 5 nitrogen and oxygen atoms in total. The largest absolute Gasteiger partial charge is 0.330 e. The van der Waals surface area contributed by atoms with Gasteiger partial charge in [-0.3, -0.25) is 4.79 Å². The molecule has 1 aromatic heterocycles. The number of amides is 1. The summed E-state index contributed by atoms with van der Waals surface area (Å²) in [6.45, 7) is 5.77. The Balaban J connectivity index is 1.60. The zero-order valence-corrected chi connectivity index (χ0v) is 16.7. The number of rotatable bonds is 6. The normalized spacial score (nSPS) is 11.9. The van der Waals surface area contributed by atoms with E-state index >= 15 is 0 Å². The molecule has 0 aliphatic heterocycles. The fraction of sp³-hybridized carbons (Fsp3) is 0.211. The molecule has 0 saturated carbocycles. The van der Waals surface area contributed by atoms with Gasteiger partial charge in [0.25, 0.3) is 0 Å². The van der Waals surface area contributed by atoms with Crippen LogP contribution in [0.5, 0.6) is 0 Å². The number of nitrogens with one attached hydrogen (secondary N) is 2. The van der Waals surface area contributed by atoms with Crippen molar-refractivity contribution in [1.82, 2.24) is 10.2 Å². The molecule has 27 heavy (non-hydrogen) atoms. The lowest BCUT2D eigenvalue weighted by Crippen LogP contribution is -2.22. The highest BCUT2D eigenvalue weighted by Crippen LogP contribution is 2.31. The third kappa shape index (κ3) is 5.27. The Kier molecular flexibility index (Phi) is 6.08. The molecule has 8 heteroatoms. The second-order valence-electron chi connectivity index (χ2n) is 6.08. The van der Waals surface area contributed by atoms with E-state index in [9.17, 15) is 9.18 Å². The van der Waals surface area contributed by atoms with Crippen molar-refractivity contribution in [3.63, 3.8) is 0 Å². The summed E-state index contributed by atoms with van der Waals surface area (Å²) in [5.74, 6) is -0.417. The summed E-state index contributed by atoms with van der Waals surface area (Å²) >= 11 is 2.65. The first-order valence-corrected chi connectivity index (χ1v) is 10.0. The van der Waals surface area contributed by atoms with E-state index < -0.39 is 0 Å². The summed E-state index contributed by atoms with van der Waals surface area (Å²) in [7, 11) is 0. The zero-order valence-electron chi connectivity index (χ0n) is 15.1. The average Bonchev–Trinajstić information content (AvgIpc) is 3.05. The molecule has 3 aromatic rings. The number of hydrogen-bond acceptors (Lipinski definition) is 6. The van der Waals surface area contributed by atoms with Crippen molar-refractivity contribution < 1.29 is 9.18 Å². The van der Waals surface area contributed by atoms with E-state index in [1.807, 2.05) is 39.0 Å². The van der Waals surface area contributed by atoms with Crippen molar-refractivity contribution >= 4 is 45.5 Å². The van der Waals surface area contributed by atoms with Crippen molar-refractivity contribution in [1.29, 1.82) is 0 Å². The molecule has 0 bridgehead atoms. The highest BCUT2D eigenvalue weighted by Gasteiger charge is 2.18. The third-order valence-corrected chi connectivity index (χ3v) is 5.80. The molecule has 0 unspecified atom stereocenters. The van der Waals surface area contributed by atoms with Gasteiger partial charge in [-0.25, -0.2) is 4.39 Å². The molecule has 0 saturated heterocycles. The zero-order chi connectivity index (χ0) is 19.4. The molecule has 1 atom stereocenters. The first-order valence-electron chi connectivity index (χ1n) is 8.31. The van der Waals surface area contributed by atoms with Gasteiger partial charge in [-0.05, 0) is 56.2 Å². The van der Waals surface area contributed by atoms with Gasteiger partial charge in [0.2, 0.25) is 11.0 Å². The number of halogens is 1. The molecule has 0 radical (unpaired) electrons. The van der Waals surface area contributed by atoms with Crippen LogP contribution < -0.4 is 10.6 Å². The van der Waals surface area contributed by atoms with Crippen LogP contribution in [0.2, 0.25) is 0 Å². The number of aromatic nitrogens is 2. The summed E-state index contributed by atoms with van der Waals surface area (Å²) in [5, 5.41) is 14.3. The Morgan fingerprint density at radius 3 is 2.78 bits per heavy atom. The molecule has 0 fully saturated rings. The Morgan fingerprint density at radius 1 is 1.19 bits per heavy atom. The number of nitrogens with zero attached hydrogens (tertiary/aromatic N) is 2. The lowest BCUT2D eigenvalue weighted by Gasteiger charge is -2.12. The lowest BCUT2D eigenvalue weighted by atomic mass is 10.1. The number of aryl methyl sites for hydroxylation is 2. The molecule has 2 aromatic carbocycles. The van der Waals surface area contributed by atoms with Gasteiger partial charge in [0.15, 0.2) is 4.34 Å². The SMILES string of the molecule is Cc1ccc(C)c(NC(=O)[C@H](C)Sc2nnc(Nc3cccc(F)c3)s2)c1. The van der Waals surface area contributed by atoms with E-state index in [-0.39, 0.29) is 17.0 Å². The van der Waals surface area contributed by atoms with Crippen molar-refractivity contribution in [2.45, 2.75) is 30.4 Å². The molecule has 1 amide bonds. The van der Waals surface area contributed by atoms with Crippen molar-refractivity contribution in [2.75, 3.05) is 10.6 Å². The molecular formula is C19H19FN4OS2. The van der Waals surface area contributed by atoms with E-state index in [2.05, 4.69) is 20.8 Å². The first kappa shape index (κ1) is 19.3. The van der Waals surface area contributed by atoms with Gasteiger partial charge in [0, 0.05) is 11.4 Å². The Morgan fingerprint density at radius 2 is 2.00 bits per heavy atom. The number of carbonyl (C=O) groups excluding carboxylic acids is 1. The molecule has 2 N–H and O–H groups in total. The Bertz CT molecular complexity index is 960. The standard InChI is InChI=1S/C19H19FN4OS2/c1-11-7-8-12(2)16(9-11)22-17(25)13(3)26-19-24-23-18(27-19)21-15-6-4-5-14(20)10-15/h4-10,13H,1-3H3,(H,21,23)(H,22,25)/t13-/m0/s1. The van der Waals surface area contributed by atoms with Crippen molar-refractivity contribution in [2.24, 2.45) is 0 Å². The van der Waals surface area contributed by atoms with Gasteiger partial charge in [0.1, 0.15) is 5.82 Å². The fourth-order valence-corrected chi connectivity index (χ4v) is 4.22. The Labute approximate surface area is 165 Å². The van der Waals surface area contributed by atoms with Gasteiger partial charge in [-0.15, -0.1) is 10.2 Å². The van der Waals surface area contributed by atoms with Crippen molar-refractivity contribution in [3.05, 3.63) is 59.4 Å². The third-order valence-electron chi connectivity index (χ3n) is 3.78. The van der Waals surface area contributed by atoms with Gasteiger partial charge < -0.3 is 10.6 Å². The van der Waals surface area contributed by atoms with E-state index in [1.54, 1.807) is 12.1 Å². The summed E-state index contributed by atoms with van der Waals surface area (Å²) in [5.41, 5.74) is 3.53. The van der Waals surface area contributed by atoms with E-state index in [4.69, 9.17) is 0 Å². The van der Waals surface area contributed by atoms with Crippen molar-refractivity contribution in [3.8, 4) is 0 Å². The van der Waals surface area contributed by atoms with E-state index in [1.165, 1.54) is 35.2 Å². The van der Waals surface area contributed by atoms with Gasteiger partial charge in [-0.1, -0.05) is 41.3 Å². The number of benzene rings is 2. The van der Waals surface area contributed by atoms with Gasteiger partial charge in [-0.2, -0.15) is 0 Å². The predicted octanol–water partition coefficient (Wildman–Crippen LogP) is 5.16. The topological polar surface area (TPSA) is 66.9 Å². The van der Waals surface area contributed by atoms with Crippen LogP contribution in [0.1, 0.15) is 18.1 Å². The minimum atomic E-state index is -0.333. The van der Waals surface area contributed by atoms with Crippen LogP contribution >= 0.6 is 23.1 Å². The summed E-state index contributed by atoms with van der Waals surface area (Å²) < 4.78 is 13.9. The smallest absolute Gasteiger partial charge is 0.237 e. The number of carbonyl (C=O) groups is 1. The van der Waals surface area contributed by atoms with E-state index in [0.717, 1.165) is 16.8 Å². The summed E-state index contributed by atoms with van der Waals surface area (Å²) in [4.78, 5) is 12.5. The lowest BCUT2D eigenvalue weighted by molar-refractivity contribution is -0.115. The number of thioether (sulfide) groups is 1. The number of anilines is 3. The van der Waals surface area contributed by atoms with Crippen LogP contribution in [0.4, 0.5) is 20.9 Å². The highest BCUT2D eigenvalue weighted by molar-refractivity contribution is 8.02. The molecule has 0 aliphatic rings.